The van der Waals surface area contributed by atoms with Crippen LogP contribution >= 0.6 is 11.3 Å². The van der Waals surface area contributed by atoms with Crippen molar-refractivity contribution in [1.82, 2.24) is 30.8 Å². The molecule has 4 amide bonds. The smallest absolute Gasteiger partial charge is 0.245 e. The predicted molar refractivity (Wildman–Crippen MR) is 199 cm³/mol. The third kappa shape index (κ3) is 8.00. The number of hydrogen-bond acceptors (Lipinski definition) is 11. The number of rotatable bonds is 5. The van der Waals surface area contributed by atoms with Crippen LogP contribution in [0.15, 0.2) is 65.1 Å². The van der Waals surface area contributed by atoms with Gasteiger partial charge in [0.2, 0.25) is 29.5 Å². The van der Waals surface area contributed by atoms with Gasteiger partial charge in [-0.05, 0) is 74.7 Å². The minimum absolute atomic E-state index is 0.0200. The highest BCUT2D eigenvalue weighted by Gasteiger charge is 2.41. The number of carbonyl (C=O) groups excluding carboxylic acids is 4. The number of fused-ring (bicyclic) bond motifs is 10. The van der Waals surface area contributed by atoms with Gasteiger partial charge >= 0.3 is 0 Å². The summed E-state index contributed by atoms with van der Waals surface area (Å²) in [5.41, 5.74) is 2.69. The number of para-hydroxylation sites is 1. The van der Waals surface area contributed by atoms with Crippen LogP contribution in [0.2, 0.25) is 0 Å². The lowest BCUT2D eigenvalue weighted by atomic mass is 10.1. The van der Waals surface area contributed by atoms with Crippen LogP contribution in [0.3, 0.4) is 0 Å². The van der Waals surface area contributed by atoms with Gasteiger partial charge in [-0.25, -0.2) is 9.97 Å². The molecule has 2 aromatic heterocycles. The lowest BCUT2D eigenvalue weighted by Crippen LogP contribution is -2.52. The van der Waals surface area contributed by atoms with E-state index in [-0.39, 0.29) is 55.7 Å². The van der Waals surface area contributed by atoms with Gasteiger partial charge in [0, 0.05) is 37.4 Å². The molecule has 4 N–H and O–H groups in total. The first-order valence-corrected chi connectivity index (χ1v) is 18.5. The number of aromatic nitrogens is 2. The van der Waals surface area contributed by atoms with Crippen molar-refractivity contribution >= 4 is 45.2 Å². The lowest BCUT2D eigenvalue weighted by Gasteiger charge is -2.27. The molecule has 3 aliphatic heterocycles. The van der Waals surface area contributed by atoms with Crippen molar-refractivity contribution in [2.45, 2.75) is 70.6 Å². The SMILES string of the molecule is COc1cc2ccc1Oc1cc(ccc1O)CCC(=O)N[C@H](C)C(=O)N1C[C@@H](NC(=O)CCc3nc4ccccc4s3)C[C@H]1C(=O)NCc1nc-2oc1C. The van der Waals surface area contributed by atoms with Gasteiger partial charge in [0.1, 0.15) is 23.5 Å². The molecule has 15 heteroatoms. The number of nitrogens with one attached hydrogen (secondary N) is 3. The second-order valence-corrected chi connectivity index (χ2v) is 14.5. The van der Waals surface area contributed by atoms with Gasteiger partial charge in [-0.3, -0.25) is 19.2 Å². The molecule has 0 spiro atoms. The van der Waals surface area contributed by atoms with E-state index >= 15 is 0 Å². The summed E-state index contributed by atoms with van der Waals surface area (Å²) in [7, 11) is 1.49. The summed E-state index contributed by atoms with van der Waals surface area (Å²) >= 11 is 1.55. The summed E-state index contributed by atoms with van der Waals surface area (Å²) in [6, 6.07) is 15.4. The number of hydrogen-bond donors (Lipinski definition) is 4. The van der Waals surface area contributed by atoms with Crippen LogP contribution in [0, 0.1) is 6.92 Å². The van der Waals surface area contributed by atoms with E-state index in [2.05, 4.69) is 25.9 Å². The Kier molecular flexibility index (Phi) is 10.5. The van der Waals surface area contributed by atoms with Crippen molar-refractivity contribution in [2.24, 2.45) is 0 Å². The minimum atomic E-state index is -0.951. The van der Waals surface area contributed by atoms with Crippen LogP contribution in [0.25, 0.3) is 21.7 Å². The highest BCUT2D eigenvalue weighted by molar-refractivity contribution is 7.18. The Hall–Kier alpha value is -5.96. The van der Waals surface area contributed by atoms with Crippen molar-refractivity contribution in [3.63, 3.8) is 0 Å². The monoisotopic (exact) mass is 752 g/mol. The maximum Gasteiger partial charge on any atom is 0.245 e. The molecule has 1 fully saturated rings. The molecule has 14 nitrogen and oxygen atoms in total. The number of ether oxygens (including phenoxy) is 2. The number of carbonyl (C=O) groups is 4. The van der Waals surface area contributed by atoms with E-state index in [9.17, 15) is 24.3 Å². The number of phenols is 1. The van der Waals surface area contributed by atoms with Crippen LogP contribution < -0.4 is 25.4 Å². The van der Waals surface area contributed by atoms with Crippen LogP contribution in [0.4, 0.5) is 0 Å². The van der Waals surface area contributed by atoms with Crippen LogP contribution in [-0.4, -0.2) is 75.4 Å². The molecule has 280 valence electrons. The normalized spacial score (nSPS) is 19.3. The first kappa shape index (κ1) is 36.4. The standard InChI is InChI=1S/C39H40N6O8S/c1-21-39(50)45-20-25(42-35(48)14-15-36-43-26-6-4-5-7-33(26)54-36)18-28(45)37(49)40-19-27-22(2)52-38(44-27)24-10-12-30(32(17-24)51-3)53-31-16-23(8-11-29(31)46)9-13-34(47)41-21/h4-8,10-12,16-17,21,25,28,46H,9,13-15,18-20H2,1-3H3,(H,40,49)(H,41,47)(H,42,48)/t21-,25+,28+/m1/s1. The van der Waals surface area contributed by atoms with Crippen molar-refractivity contribution in [3.8, 4) is 34.5 Å². The largest absolute Gasteiger partial charge is 0.504 e. The Bertz CT molecular complexity index is 2200. The molecule has 5 heterocycles. The molecule has 3 aliphatic rings. The van der Waals surface area contributed by atoms with E-state index in [0.717, 1.165) is 20.8 Å². The van der Waals surface area contributed by atoms with Gasteiger partial charge in [0.05, 0.1) is 28.9 Å². The zero-order chi connectivity index (χ0) is 37.9. The second-order valence-electron chi connectivity index (χ2n) is 13.4. The molecule has 1 saturated heterocycles. The van der Waals surface area contributed by atoms with E-state index in [1.807, 2.05) is 24.3 Å². The molecular formula is C39H40N6O8S. The molecule has 5 aromatic rings. The van der Waals surface area contributed by atoms with Crippen LogP contribution in [-0.2, 0) is 38.6 Å². The maximum atomic E-state index is 13.9. The summed E-state index contributed by atoms with van der Waals surface area (Å²) in [6.07, 6.45) is 1.19. The quantitative estimate of drug-likeness (QED) is 0.199. The van der Waals surface area contributed by atoms with E-state index in [4.69, 9.17) is 13.9 Å². The van der Waals surface area contributed by atoms with Gasteiger partial charge in [-0.1, -0.05) is 18.2 Å². The molecule has 6 bridgehead atoms. The third-order valence-electron chi connectivity index (χ3n) is 9.52. The molecule has 0 saturated carbocycles. The Morgan fingerprint density at radius 1 is 1.07 bits per heavy atom. The predicted octanol–water partition coefficient (Wildman–Crippen LogP) is 4.55. The zero-order valence-electron chi connectivity index (χ0n) is 30.0. The van der Waals surface area contributed by atoms with Gasteiger partial charge in [0.25, 0.3) is 0 Å². The number of benzene rings is 3. The maximum absolute atomic E-state index is 13.9. The van der Waals surface area contributed by atoms with E-state index in [1.165, 1.54) is 18.1 Å². The average molecular weight is 753 g/mol. The van der Waals surface area contributed by atoms with Gasteiger partial charge in [-0.2, -0.15) is 0 Å². The van der Waals surface area contributed by atoms with Crippen molar-refractivity contribution < 1.29 is 38.2 Å². The Morgan fingerprint density at radius 3 is 2.72 bits per heavy atom. The Balaban J connectivity index is 1.11. The molecule has 0 unspecified atom stereocenters. The van der Waals surface area contributed by atoms with Crippen molar-refractivity contribution in [3.05, 3.63) is 82.7 Å². The highest BCUT2D eigenvalue weighted by Crippen LogP contribution is 2.39. The van der Waals surface area contributed by atoms with Crippen LogP contribution in [0.1, 0.15) is 48.2 Å². The van der Waals surface area contributed by atoms with Gasteiger partial charge in [0.15, 0.2) is 23.0 Å². The lowest BCUT2D eigenvalue weighted by molar-refractivity contribution is -0.141. The first-order valence-electron chi connectivity index (χ1n) is 17.7. The van der Waals surface area contributed by atoms with Crippen molar-refractivity contribution in [1.29, 1.82) is 0 Å². The van der Waals surface area contributed by atoms with E-state index in [1.54, 1.807) is 55.5 Å². The van der Waals surface area contributed by atoms with Gasteiger partial charge < -0.3 is 39.8 Å². The summed E-state index contributed by atoms with van der Waals surface area (Å²) in [5.74, 6) is 0.0966. The Morgan fingerprint density at radius 2 is 1.91 bits per heavy atom. The molecule has 0 radical (unpaired) electrons. The molecule has 8 rings (SSSR count). The average Bonchev–Trinajstić information content (AvgIpc) is 3.89. The summed E-state index contributed by atoms with van der Waals surface area (Å²) < 4.78 is 18.6. The number of thiazole rings is 1. The van der Waals surface area contributed by atoms with Gasteiger partial charge in [-0.15, -0.1) is 11.3 Å². The van der Waals surface area contributed by atoms with E-state index in [0.29, 0.717) is 47.2 Å². The summed E-state index contributed by atoms with van der Waals surface area (Å²) in [5, 5.41) is 20.1. The van der Waals surface area contributed by atoms with Crippen LogP contribution in [0.5, 0.6) is 23.0 Å². The molecule has 0 aliphatic carbocycles. The zero-order valence-corrected chi connectivity index (χ0v) is 30.8. The van der Waals surface area contributed by atoms with Crippen molar-refractivity contribution in [2.75, 3.05) is 13.7 Å². The number of methoxy groups -OCH3 is 1. The number of amides is 4. The fourth-order valence-corrected chi connectivity index (χ4v) is 7.63. The number of aryl methyl sites for hydroxylation is 3. The second kappa shape index (κ2) is 15.6. The highest BCUT2D eigenvalue weighted by atomic mass is 32.1. The topological polar surface area (TPSA) is 185 Å². The third-order valence-corrected chi connectivity index (χ3v) is 10.6. The summed E-state index contributed by atoms with van der Waals surface area (Å²) in [6.45, 7) is 3.42. The fourth-order valence-electron chi connectivity index (χ4n) is 6.67. The Labute approximate surface area is 314 Å². The molecule has 54 heavy (non-hydrogen) atoms. The molecular weight excluding hydrogens is 713 g/mol. The molecule has 3 atom stereocenters. The van der Waals surface area contributed by atoms with E-state index < -0.39 is 29.9 Å². The number of oxazole rings is 1. The number of phenolic OH excluding ortho intramolecular Hbond substituents is 1. The minimum Gasteiger partial charge on any atom is -0.504 e. The first-order chi connectivity index (χ1) is 26.0. The number of nitrogens with zero attached hydrogens (tertiary/aromatic N) is 3. The fraction of sp³-hybridized carbons (Fsp3) is 0.333. The summed E-state index contributed by atoms with van der Waals surface area (Å²) in [4.78, 5) is 64.5. The number of aromatic hydroxyl groups is 1. The molecule has 3 aromatic carbocycles.